The van der Waals surface area contributed by atoms with E-state index in [0.29, 0.717) is 29.5 Å². The van der Waals surface area contributed by atoms with Gasteiger partial charge in [-0.25, -0.2) is 0 Å². The van der Waals surface area contributed by atoms with E-state index in [1.165, 1.54) is 7.11 Å². The minimum Gasteiger partial charge on any atom is -0.493 e. The molecular weight excluding hydrogens is 372 g/mol. The number of hydrogen-bond acceptors (Lipinski definition) is 6. The third kappa shape index (κ3) is 5.43. The highest BCUT2D eigenvalue weighted by molar-refractivity contribution is 5.76. The first-order valence-electron chi connectivity index (χ1n) is 9.78. The summed E-state index contributed by atoms with van der Waals surface area (Å²) >= 11 is 0. The largest absolute Gasteiger partial charge is 0.493 e. The van der Waals surface area contributed by atoms with Crippen molar-refractivity contribution in [2.75, 3.05) is 13.7 Å². The lowest BCUT2D eigenvalue weighted by Crippen LogP contribution is -2.33. The number of nitrogens with one attached hydrogen (secondary N) is 2. The topological polar surface area (TPSA) is 106 Å². The van der Waals surface area contributed by atoms with E-state index in [0.717, 1.165) is 25.7 Å². The summed E-state index contributed by atoms with van der Waals surface area (Å²) in [5, 5.41) is 11.1. The minimum atomic E-state index is -0.352. The average molecular weight is 398 g/mol. The van der Waals surface area contributed by atoms with Gasteiger partial charge in [-0.15, -0.1) is 10.2 Å². The van der Waals surface area contributed by atoms with E-state index in [2.05, 4.69) is 27.1 Å². The lowest BCUT2D eigenvalue weighted by molar-refractivity contribution is -0.121. The third-order valence-electron chi connectivity index (χ3n) is 4.87. The molecule has 8 heteroatoms. The van der Waals surface area contributed by atoms with Crippen LogP contribution in [0, 0.1) is 0 Å². The van der Waals surface area contributed by atoms with E-state index in [1.54, 1.807) is 24.3 Å². The molecule has 2 N–H and O–H groups in total. The SMILES string of the molecule is C=CCOc1ccc(-c2nnc(CCC(=O)NC3CCCC3)c(=O)[nH]2)cc1OC. The van der Waals surface area contributed by atoms with Gasteiger partial charge in [-0.3, -0.25) is 9.59 Å². The Balaban J connectivity index is 1.66. The van der Waals surface area contributed by atoms with Crippen LogP contribution in [0.5, 0.6) is 11.5 Å². The van der Waals surface area contributed by atoms with Crippen LogP contribution < -0.4 is 20.3 Å². The second-order valence-electron chi connectivity index (χ2n) is 6.96. The summed E-state index contributed by atoms with van der Waals surface area (Å²) in [5.74, 6) is 1.35. The molecule has 0 bridgehead atoms. The molecule has 0 saturated heterocycles. The van der Waals surface area contributed by atoms with Crippen molar-refractivity contribution in [1.29, 1.82) is 0 Å². The first-order valence-corrected chi connectivity index (χ1v) is 9.78. The molecule has 29 heavy (non-hydrogen) atoms. The van der Waals surface area contributed by atoms with E-state index in [9.17, 15) is 9.59 Å². The maximum atomic E-state index is 12.4. The Morgan fingerprint density at radius 1 is 1.31 bits per heavy atom. The summed E-state index contributed by atoms with van der Waals surface area (Å²) in [6.07, 6.45) is 6.48. The molecule has 1 fully saturated rings. The lowest BCUT2D eigenvalue weighted by atomic mass is 10.2. The molecule has 1 aromatic heterocycles. The summed E-state index contributed by atoms with van der Waals surface area (Å²) in [5.41, 5.74) is 0.533. The predicted molar refractivity (Wildman–Crippen MR) is 109 cm³/mol. The van der Waals surface area contributed by atoms with Gasteiger partial charge in [0.2, 0.25) is 5.91 Å². The molecule has 1 aliphatic carbocycles. The van der Waals surface area contributed by atoms with Gasteiger partial charge in [0.1, 0.15) is 12.3 Å². The van der Waals surface area contributed by atoms with Gasteiger partial charge in [0.25, 0.3) is 5.56 Å². The van der Waals surface area contributed by atoms with Crippen molar-refractivity contribution in [3.63, 3.8) is 0 Å². The Morgan fingerprint density at radius 3 is 2.79 bits per heavy atom. The van der Waals surface area contributed by atoms with Gasteiger partial charge < -0.3 is 19.8 Å². The number of carbonyl (C=O) groups is 1. The molecular formula is C21H26N4O4. The summed E-state index contributed by atoms with van der Waals surface area (Å²) in [6, 6.07) is 5.48. The van der Waals surface area contributed by atoms with Gasteiger partial charge in [-0.05, 0) is 31.0 Å². The Labute approximate surface area is 169 Å². The van der Waals surface area contributed by atoms with Gasteiger partial charge in [0.05, 0.1) is 7.11 Å². The molecule has 0 aliphatic heterocycles. The summed E-state index contributed by atoms with van der Waals surface area (Å²) in [7, 11) is 1.54. The number of amides is 1. The highest BCUT2D eigenvalue weighted by atomic mass is 16.5. The van der Waals surface area contributed by atoms with Crippen LogP contribution >= 0.6 is 0 Å². The highest BCUT2D eigenvalue weighted by Crippen LogP contribution is 2.31. The number of H-pyrrole nitrogens is 1. The van der Waals surface area contributed by atoms with E-state index in [4.69, 9.17) is 9.47 Å². The smallest absolute Gasteiger partial charge is 0.273 e. The maximum Gasteiger partial charge on any atom is 0.273 e. The quantitative estimate of drug-likeness (QED) is 0.628. The molecule has 1 saturated carbocycles. The molecule has 154 valence electrons. The molecule has 0 spiro atoms. The zero-order valence-electron chi connectivity index (χ0n) is 16.6. The monoisotopic (exact) mass is 398 g/mol. The van der Waals surface area contributed by atoms with E-state index in [1.807, 2.05) is 0 Å². The lowest BCUT2D eigenvalue weighted by Gasteiger charge is -2.11. The summed E-state index contributed by atoms with van der Waals surface area (Å²) in [4.78, 5) is 27.2. The van der Waals surface area contributed by atoms with Crippen molar-refractivity contribution in [3.8, 4) is 22.9 Å². The van der Waals surface area contributed by atoms with Gasteiger partial charge in [-0.1, -0.05) is 25.5 Å². The van der Waals surface area contributed by atoms with E-state index in [-0.39, 0.29) is 36.0 Å². The highest BCUT2D eigenvalue weighted by Gasteiger charge is 2.17. The van der Waals surface area contributed by atoms with Crippen molar-refractivity contribution < 1.29 is 14.3 Å². The Hall–Kier alpha value is -3.16. The molecule has 1 aromatic carbocycles. The van der Waals surface area contributed by atoms with Crippen LogP contribution in [-0.2, 0) is 11.2 Å². The number of methoxy groups -OCH3 is 1. The minimum absolute atomic E-state index is 0.0537. The second-order valence-corrected chi connectivity index (χ2v) is 6.96. The van der Waals surface area contributed by atoms with Crippen molar-refractivity contribution in [2.24, 2.45) is 0 Å². The fourth-order valence-corrected chi connectivity index (χ4v) is 3.34. The van der Waals surface area contributed by atoms with Crippen LogP contribution in [0.4, 0.5) is 0 Å². The third-order valence-corrected chi connectivity index (χ3v) is 4.87. The van der Waals surface area contributed by atoms with Crippen LogP contribution in [0.25, 0.3) is 11.4 Å². The molecule has 0 atom stereocenters. The van der Waals surface area contributed by atoms with Gasteiger partial charge in [0.15, 0.2) is 17.3 Å². The molecule has 2 aromatic rings. The van der Waals surface area contributed by atoms with Gasteiger partial charge >= 0.3 is 0 Å². The Bertz CT molecular complexity index is 919. The number of hydrogen-bond donors (Lipinski definition) is 2. The number of ether oxygens (including phenoxy) is 2. The van der Waals surface area contributed by atoms with E-state index < -0.39 is 0 Å². The molecule has 1 aliphatic rings. The van der Waals surface area contributed by atoms with Gasteiger partial charge in [0, 0.05) is 24.4 Å². The average Bonchev–Trinajstić information content (AvgIpc) is 3.24. The molecule has 1 heterocycles. The Kier molecular flexibility index (Phi) is 6.99. The number of aryl methyl sites for hydroxylation is 1. The molecule has 0 unspecified atom stereocenters. The van der Waals surface area contributed by atoms with Crippen molar-refractivity contribution in [2.45, 2.75) is 44.6 Å². The zero-order chi connectivity index (χ0) is 20.6. The number of carbonyl (C=O) groups excluding carboxylic acids is 1. The Morgan fingerprint density at radius 2 is 2.10 bits per heavy atom. The molecule has 8 nitrogen and oxygen atoms in total. The summed E-state index contributed by atoms with van der Waals surface area (Å²) < 4.78 is 10.9. The fourth-order valence-electron chi connectivity index (χ4n) is 3.34. The normalized spacial score (nSPS) is 13.8. The van der Waals surface area contributed by atoms with Crippen LogP contribution in [-0.4, -0.2) is 40.8 Å². The fraction of sp³-hybridized carbons (Fsp3) is 0.429. The summed E-state index contributed by atoms with van der Waals surface area (Å²) in [6.45, 7) is 3.97. The maximum absolute atomic E-state index is 12.4. The first-order chi connectivity index (χ1) is 14.1. The van der Waals surface area contributed by atoms with Gasteiger partial charge in [-0.2, -0.15) is 0 Å². The van der Waals surface area contributed by atoms with Crippen LogP contribution in [0.3, 0.4) is 0 Å². The van der Waals surface area contributed by atoms with Crippen molar-refractivity contribution in [3.05, 3.63) is 46.9 Å². The number of aromatic amines is 1. The molecule has 3 rings (SSSR count). The van der Waals surface area contributed by atoms with Crippen LogP contribution in [0.15, 0.2) is 35.6 Å². The van der Waals surface area contributed by atoms with E-state index >= 15 is 0 Å². The van der Waals surface area contributed by atoms with Crippen LogP contribution in [0.2, 0.25) is 0 Å². The zero-order valence-corrected chi connectivity index (χ0v) is 16.6. The number of aromatic nitrogens is 3. The van der Waals surface area contributed by atoms with Crippen molar-refractivity contribution >= 4 is 5.91 Å². The number of nitrogens with zero attached hydrogens (tertiary/aromatic N) is 2. The second kappa shape index (κ2) is 9.86. The van der Waals surface area contributed by atoms with Crippen LogP contribution in [0.1, 0.15) is 37.8 Å². The standard InChI is InChI=1S/C21H26N4O4/c1-3-12-29-17-10-8-14(13-18(17)28-2)20-23-21(27)16(24-25-20)9-11-19(26)22-15-6-4-5-7-15/h3,8,10,13,15H,1,4-7,9,11-12H2,2H3,(H,22,26)(H,23,25,27). The predicted octanol–water partition coefficient (Wildman–Crippen LogP) is 2.40. The van der Waals surface area contributed by atoms with Crippen molar-refractivity contribution in [1.82, 2.24) is 20.5 Å². The molecule has 1 amide bonds. The molecule has 0 radical (unpaired) electrons. The number of rotatable bonds is 9. The number of benzene rings is 1. The first kappa shape index (κ1) is 20.6.